The molecule has 0 atom stereocenters. The highest BCUT2D eigenvalue weighted by atomic mass is 32.1. The van der Waals surface area contributed by atoms with Gasteiger partial charge in [0, 0.05) is 25.3 Å². The first-order valence-electron chi connectivity index (χ1n) is 3.86. The summed E-state index contributed by atoms with van der Waals surface area (Å²) in [6.07, 6.45) is 0. The van der Waals surface area contributed by atoms with Crippen molar-refractivity contribution in [1.82, 2.24) is 8.75 Å². The summed E-state index contributed by atoms with van der Waals surface area (Å²) < 4.78 is 6.52. The molecule has 1 heterocycles. The van der Waals surface area contributed by atoms with Crippen LogP contribution in [-0.4, -0.2) is 22.3 Å². The third-order valence-corrected chi connectivity index (χ3v) is 2.02. The smallest absolute Gasteiger partial charge is 0.302 e. The molecule has 1 rings (SSSR count). The van der Waals surface area contributed by atoms with Crippen molar-refractivity contribution in [2.45, 2.75) is 13.8 Å². The number of H-pyrrole nitrogens is 1. The predicted molar refractivity (Wildman–Crippen MR) is 50.8 cm³/mol. The molecule has 0 aliphatic heterocycles. The third kappa shape index (κ3) is 2.07. The zero-order valence-electron chi connectivity index (χ0n) is 7.50. The first-order chi connectivity index (χ1) is 5.61. The zero-order valence-corrected chi connectivity index (χ0v) is 8.31. The van der Waals surface area contributed by atoms with Gasteiger partial charge < -0.3 is 4.90 Å². The van der Waals surface area contributed by atoms with Gasteiger partial charge in [-0.05, 0) is 5.92 Å². The Balaban J connectivity index is 2.71. The second kappa shape index (κ2) is 3.71. The van der Waals surface area contributed by atoms with Gasteiger partial charge in [0.25, 0.3) is 0 Å². The van der Waals surface area contributed by atoms with E-state index in [2.05, 4.69) is 22.6 Å². The molecule has 4 nitrogen and oxygen atoms in total. The Morgan fingerprint density at radius 1 is 1.67 bits per heavy atom. The number of rotatable bonds is 3. The van der Waals surface area contributed by atoms with Crippen molar-refractivity contribution in [3.8, 4) is 0 Å². The van der Waals surface area contributed by atoms with Crippen LogP contribution >= 0.6 is 11.7 Å². The molecule has 0 aliphatic carbocycles. The maximum absolute atomic E-state index is 11.1. The fourth-order valence-corrected chi connectivity index (χ4v) is 1.60. The molecule has 1 N–H and O–H groups in total. The second-order valence-electron chi connectivity index (χ2n) is 3.21. The van der Waals surface area contributed by atoms with Crippen LogP contribution in [0.4, 0.5) is 5.82 Å². The third-order valence-electron chi connectivity index (χ3n) is 1.47. The molecule has 0 saturated carbocycles. The topological polar surface area (TPSA) is 49.0 Å². The molecule has 1 aromatic heterocycles. The van der Waals surface area contributed by atoms with E-state index in [1.165, 1.54) is 0 Å². The van der Waals surface area contributed by atoms with Crippen molar-refractivity contribution in [3.63, 3.8) is 0 Å². The van der Waals surface area contributed by atoms with Gasteiger partial charge in [0.2, 0.25) is 5.82 Å². The highest BCUT2D eigenvalue weighted by Gasteiger charge is 2.09. The van der Waals surface area contributed by atoms with E-state index in [1.807, 2.05) is 11.9 Å². The lowest BCUT2D eigenvalue weighted by Crippen LogP contribution is -2.27. The first kappa shape index (κ1) is 9.25. The molecule has 0 aliphatic rings. The van der Waals surface area contributed by atoms with E-state index in [-0.39, 0.29) is 5.56 Å². The van der Waals surface area contributed by atoms with Crippen LogP contribution in [0.3, 0.4) is 0 Å². The van der Waals surface area contributed by atoms with Crippen LogP contribution in [0.5, 0.6) is 0 Å². The first-order valence-corrected chi connectivity index (χ1v) is 4.64. The van der Waals surface area contributed by atoms with Crippen molar-refractivity contribution in [2.24, 2.45) is 5.92 Å². The minimum absolute atomic E-state index is 0.0943. The van der Waals surface area contributed by atoms with E-state index in [1.54, 1.807) is 0 Å². The lowest BCUT2D eigenvalue weighted by Gasteiger charge is -2.16. The molecular formula is C7H13N3OS. The normalized spacial score (nSPS) is 10.7. The van der Waals surface area contributed by atoms with Crippen molar-refractivity contribution >= 4 is 17.5 Å². The number of nitrogens with zero attached hydrogens (tertiary/aromatic N) is 2. The molecule has 0 unspecified atom stereocenters. The molecule has 0 aromatic carbocycles. The van der Waals surface area contributed by atoms with Crippen LogP contribution < -0.4 is 10.5 Å². The Labute approximate surface area is 75.5 Å². The summed E-state index contributed by atoms with van der Waals surface area (Å²) in [6, 6.07) is 0. The molecule has 5 heteroatoms. The van der Waals surface area contributed by atoms with Gasteiger partial charge in [-0.2, -0.15) is 4.37 Å². The van der Waals surface area contributed by atoms with Crippen LogP contribution in [0.15, 0.2) is 4.79 Å². The van der Waals surface area contributed by atoms with E-state index in [0.717, 1.165) is 18.3 Å². The average Bonchev–Trinajstić information content (AvgIpc) is 2.33. The number of nitrogens with one attached hydrogen (secondary N) is 1. The maximum Gasteiger partial charge on any atom is 0.302 e. The second-order valence-corrected chi connectivity index (χ2v) is 3.78. The van der Waals surface area contributed by atoms with Crippen LogP contribution in [0.2, 0.25) is 0 Å². The van der Waals surface area contributed by atoms with E-state index in [4.69, 9.17) is 0 Å². The Bertz CT molecular complexity index is 291. The number of aromatic amines is 1. The molecule has 0 spiro atoms. The SMILES string of the molecule is CC(C)CN(C)c1ns[nH]c1=O. The molecule has 0 saturated heterocycles. The van der Waals surface area contributed by atoms with Crippen LogP contribution in [0.1, 0.15) is 13.8 Å². The fraction of sp³-hybridized carbons (Fsp3) is 0.714. The molecule has 0 bridgehead atoms. The van der Waals surface area contributed by atoms with Gasteiger partial charge in [-0.1, -0.05) is 13.8 Å². The van der Waals surface area contributed by atoms with Crippen LogP contribution in [0, 0.1) is 5.92 Å². The number of anilines is 1. The monoisotopic (exact) mass is 187 g/mol. The average molecular weight is 187 g/mol. The summed E-state index contributed by atoms with van der Waals surface area (Å²) in [6.45, 7) is 5.07. The van der Waals surface area contributed by atoms with Gasteiger partial charge in [0.05, 0.1) is 0 Å². The van der Waals surface area contributed by atoms with Gasteiger partial charge in [-0.15, -0.1) is 0 Å². The quantitative estimate of drug-likeness (QED) is 0.765. The molecule has 12 heavy (non-hydrogen) atoms. The minimum Gasteiger partial charge on any atom is -0.354 e. The molecular weight excluding hydrogens is 174 g/mol. The Morgan fingerprint density at radius 2 is 2.33 bits per heavy atom. The summed E-state index contributed by atoms with van der Waals surface area (Å²) >= 11 is 1.09. The largest absolute Gasteiger partial charge is 0.354 e. The predicted octanol–water partition coefficient (Wildman–Crippen LogP) is 0.924. The summed E-state index contributed by atoms with van der Waals surface area (Å²) in [5.41, 5.74) is -0.0943. The van der Waals surface area contributed by atoms with Crippen LogP contribution in [0.25, 0.3) is 0 Å². The molecule has 0 fully saturated rings. The van der Waals surface area contributed by atoms with Crippen molar-refractivity contribution in [2.75, 3.05) is 18.5 Å². The minimum atomic E-state index is -0.0943. The summed E-state index contributed by atoms with van der Waals surface area (Å²) in [7, 11) is 1.88. The van der Waals surface area contributed by atoms with Crippen LogP contribution in [-0.2, 0) is 0 Å². The Hall–Kier alpha value is -0.840. The fourth-order valence-electron chi connectivity index (χ4n) is 1.07. The Kier molecular flexibility index (Phi) is 2.86. The molecule has 1 aromatic rings. The van der Waals surface area contributed by atoms with Gasteiger partial charge >= 0.3 is 5.56 Å². The summed E-state index contributed by atoms with van der Waals surface area (Å²) in [5, 5.41) is 0. The van der Waals surface area contributed by atoms with E-state index >= 15 is 0 Å². The van der Waals surface area contributed by atoms with E-state index < -0.39 is 0 Å². The van der Waals surface area contributed by atoms with Crippen molar-refractivity contribution < 1.29 is 0 Å². The Morgan fingerprint density at radius 3 is 2.75 bits per heavy atom. The van der Waals surface area contributed by atoms with Crippen molar-refractivity contribution in [1.29, 1.82) is 0 Å². The zero-order chi connectivity index (χ0) is 9.14. The number of hydrogen-bond acceptors (Lipinski definition) is 4. The van der Waals surface area contributed by atoms with E-state index in [9.17, 15) is 4.79 Å². The van der Waals surface area contributed by atoms with Gasteiger partial charge in [-0.3, -0.25) is 9.17 Å². The van der Waals surface area contributed by atoms with Gasteiger partial charge in [0.1, 0.15) is 0 Å². The lowest BCUT2D eigenvalue weighted by atomic mass is 10.2. The number of aromatic nitrogens is 2. The number of hydrogen-bond donors (Lipinski definition) is 1. The van der Waals surface area contributed by atoms with Crippen molar-refractivity contribution in [3.05, 3.63) is 10.4 Å². The summed E-state index contributed by atoms with van der Waals surface area (Å²) in [5.74, 6) is 1.06. The lowest BCUT2D eigenvalue weighted by molar-refractivity contribution is 0.635. The maximum atomic E-state index is 11.1. The standard InChI is InChI=1S/C7H13N3OS/c1-5(2)4-10(3)6-7(11)9-12-8-6/h5H,4H2,1-3H3,(H,9,11). The molecule has 0 amide bonds. The van der Waals surface area contributed by atoms with Gasteiger partial charge in [0.15, 0.2) is 0 Å². The highest BCUT2D eigenvalue weighted by Crippen LogP contribution is 2.04. The summed E-state index contributed by atoms with van der Waals surface area (Å²) in [4.78, 5) is 13.0. The van der Waals surface area contributed by atoms with Gasteiger partial charge in [-0.25, -0.2) is 0 Å². The van der Waals surface area contributed by atoms with E-state index in [0.29, 0.717) is 11.7 Å². The highest BCUT2D eigenvalue weighted by molar-refractivity contribution is 6.99. The molecule has 0 radical (unpaired) electrons. The molecule has 68 valence electrons.